The van der Waals surface area contributed by atoms with Gasteiger partial charge in [-0.05, 0) is 29.8 Å². The van der Waals surface area contributed by atoms with E-state index >= 15 is 0 Å². The van der Waals surface area contributed by atoms with Crippen LogP contribution >= 0.6 is 23.4 Å². The second kappa shape index (κ2) is 6.84. The number of nitrogens with two attached hydrogens (primary N) is 2. The summed E-state index contributed by atoms with van der Waals surface area (Å²) < 4.78 is 0. The summed E-state index contributed by atoms with van der Waals surface area (Å²) >= 11 is 7.44. The van der Waals surface area contributed by atoms with Gasteiger partial charge in [-0.2, -0.15) is 0 Å². The number of hydrogen-bond donors (Lipinski definition) is 2. The van der Waals surface area contributed by atoms with Crippen molar-refractivity contribution in [2.75, 3.05) is 11.4 Å². The fourth-order valence-corrected chi connectivity index (χ4v) is 4.08. The third kappa shape index (κ3) is 3.26. The first-order chi connectivity index (χ1) is 11.5. The average Bonchev–Trinajstić information content (AvgIpc) is 2.66. The molecule has 0 radical (unpaired) electrons. The Morgan fingerprint density at radius 3 is 2.50 bits per heavy atom. The van der Waals surface area contributed by atoms with E-state index in [1.54, 1.807) is 18.2 Å². The van der Waals surface area contributed by atoms with E-state index in [9.17, 15) is 9.59 Å². The lowest BCUT2D eigenvalue weighted by Crippen LogP contribution is -2.48. The van der Waals surface area contributed by atoms with Crippen molar-refractivity contribution in [2.45, 2.75) is 16.2 Å². The predicted octanol–water partition coefficient (Wildman–Crippen LogP) is 2.33. The van der Waals surface area contributed by atoms with E-state index in [0.717, 1.165) is 10.5 Å². The number of amides is 2. The van der Waals surface area contributed by atoms with Gasteiger partial charge in [0.15, 0.2) is 0 Å². The molecule has 0 saturated heterocycles. The molecule has 1 aliphatic rings. The Kier molecular flexibility index (Phi) is 4.80. The van der Waals surface area contributed by atoms with Crippen molar-refractivity contribution in [1.82, 2.24) is 0 Å². The number of para-hydroxylation sites is 1. The van der Waals surface area contributed by atoms with Gasteiger partial charge in [-0.15, -0.1) is 11.8 Å². The van der Waals surface area contributed by atoms with Gasteiger partial charge in [0.25, 0.3) is 0 Å². The zero-order valence-electron chi connectivity index (χ0n) is 12.7. The van der Waals surface area contributed by atoms with Gasteiger partial charge in [-0.1, -0.05) is 35.9 Å². The molecule has 5 nitrogen and oxygen atoms in total. The van der Waals surface area contributed by atoms with Crippen LogP contribution in [0.1, 0.15) is 10.8 Å². The molecule has 0 bridgehead atoms. The molecular formula is C17H16ClN3O2S. The Balaban J connectivity index is 2.06. The Hall–Kier alpha value is -2.02. The lowest BCUT2D eigenvalue weighted by atomic mass is 10.0. The highest BCUT2D eigenvalue weighted by molar-refractivity contribution is 7.99. The number of benzene rings is 2. The maximum atomic E-state index is 12.8. The van der Waals surface area contributed by atoms with Gasteiger partial charge < -0.3 is 16.4 Å². The molecule has 3 rings (SSSR count). The minimum atomic E-state index is -0.803. The smallest absolute Gasteiger partial charge is 0.245 e. The molecule has 2 aromatic carbocycles. The van der Waals surface area contributed by atoms with E-state index in [0.29, 0.717) is 10.7 Å². The molecule has 0 spiro atoms. The molecular weight excluding hydrogens is 346 g/mol. The first-order valence-electron chi connectivity index (χ1n) is 7.34. The maximum absolute atomic E-state index is 12.8. The fourth-order valence-electron chi connectivity index (χ4n) is 2.66. The minimum Gasteiger partial charge on any atom is -0.368 e. The van der Waals surface area contributed by atoms with Crippen molar-refractivity contribution in [3.05, 3.63) is 59.1 Å². The Morgan fingerprint density at radius 1 is 1.17 bits per heavy atom. The summed E-state index contributed by atoms with van der Waals surface area (Å²) in [7, 11) is 0. The van der Waals surface area contributed by atoms with Crippen LogP contribution in [0.4, 0.5) is 5.69 Å². The molecule has 2 atom stereocenters. The molecule has 0 fully saturated rings. The summed E-state index contributed by atoms with van der Waals surface area (Å²) in [6.07, 6.45) is 0. The van der Waals surface area contributed by atoms with Gasteiger partial charge in [0, 0.05) is 9.92 Å². The number of rotatable bonds is 3. The Bertz CT molecular complexity index is 782. The number of nitrogens with zero attached hydrogens (tertiary/aromatic N) is 1. The normalized spacial score (nSPS) is 20.4. The number of hydrogen-bond acceptors (Lipinski definition) is 4. The highest BCUT2D eigenvalue weighted by Gasteiger charge is 2.36. The molecule has 1 aliphatic heterocycles. The molecule has 24 heavy (non-hydrogen) atoms. The molecule has 0 saturated carbocycles. The number of halogens is 1. The third-order valence-corrected chi connectivity index (χ3v) is 5.47. The van der Waals surface area contributed by atoms with Crippen molar-refractivity contribution < 1.29 is 9.59 Å². The van der Waals surface area contributed by atoms with Gasteiger partial charge in [0.1, 0.15) is 12.6 Å². The standard InChI is InChI=1S/C17H16ClN3O2S/c18-11-7-5-10(6-8-11)16-15(20)17(23)21(9-14(19)22)12-3-1-2-4-13(12)24-16/h1-8,15-16H,9,20H2,(H2,19,22). The summed E-state index contributed by atoms with van der Waals surface area (Å²) in [6, 6.07) is 13.9. The first-order valence-corrected chi connectivity index (χ1v) is 8.59. The van der Waals surface area contributed by atoms with Crippen LogP contribution in [0.25, 0.3) is 0 Å². The zero-order chi connectivity index (χ0) is 17.3. The van der Waals surface area contributed by atoms with Crippen LogP contribution < -0.4 is 16.4 Å². The lowest BCUT2D eigenvalue weighted by molar-refractivity contribution is -0.123. The van der Waals surface area contributed by atoms with E-state index in [2.05, 4.69) is 0 Å². The van der Waals surface area contributed by atoms with Gasteiger partial charge in [0.05, 0.1) is 10.9 Å². The first kappa shape index (κ1) is 16.8. The van der Waals surface area contributed by atoms with Crippen molar-refractivity contribution in [1.29, 1.82) is 0 Å². The summed E-state index contributed by atoms with van der Waals surface area (Å²) in [6.45, 7) is -0.197. The van der Waals surface area contributed by atoms with E-state index in [4.69, 9.17) is 23.1 Å². The molecule has 4 N–H and O–H groups in total. The average molecular weight is 362 g/mol. The van der Waals surface area contributed by atoms with Crippen LogP contribution in [0.15, 0.2) is 53.4 Å². The molecule has 2 unspecified atom stereocenters. The van der Waals surface area contributed by atoms with Crippen LogP contribution in [-0.2, 0) is 9.59 Å². The minimum absolute atomic E-state index is 0.197. The number of carbonyl (C=O) groups excluding carboxylic acids is 2. The third-order valence-electron chi connectivity index (χ3n) is 3.80. The molecule has 1 heterocycles. The highest BCUT2D eigenvalue weighted by Crippen LogP contribution is 2.45. The van der Waals surface area contributed by atoms with Gasteiger partial charge in [-0.3, -0.25) is 9.59 Å². The monoisotopic (exact) mass is 361 g/mol. The second-order valence-corrected chi connectivity index (χ2v) is 7.09. The molecule has 0 aromatic heterocycles. The summed E-state index contributed by atoms with van der Waals surface area (Å²) in [5, 5.41) is 0.335. The van der Waals surface area contributed by atoms with Crippen molar-refractivity contribution in [2.24, 2.45) is 11.5 Å². The Morgan fingerprint density at radius 2 is 1.83 bits per heavy atom. The van der Waals surface area contributed by atoms with Gasteiger partial charge >= 0.3 is 0 Å². The molecule has 2 aromatic rings. The summed E-state index contributed by atoms with van der Waals surface area (Å²) in [4.78, 5) is 26.5. The maximum Gasteiger partial charge on any atom is 0.245 e. The predicted molar refractivity (Wildman–Crippen MR) is 96.0 cm³/mol. The van der Waals surface area contributed by atoms with Crippen molar-refractivity contribution in [3.63, 3.8) is 0 Å². The van der Waals surface area contributed by atoms with E-state index in [-0.39, 0.29) is 17.7 Å². The number of anilines is 1. The van der Waals surface area contributed by atoms with Crippen LogP contribution in [0.3, 0.4) is 0 Å². The number of carbonyl (C=O) groups is 2. The quantitative estimate of drug-likeness (QED) is 0.878. The van der Waals surface area contributed by atoms with Crippen LogP contribution in [0.5, 0.6) is 0 Å². The lowest BCUT2D eigenvalue weighted by Gasteiger charge is -2.24. The SMILES string of the molecule is NC(=O)CN1C(=O)C(N)C(c2ccc(Cl)cc2)Sc2ccccc21. The summed E-state index contributed by atoms with van der Waals surface area (Å²) in [5.41, 5.74) is 13.1. The number of thioether (sulfide) groups is 1. The van der Waals surface area contributed by atoms with Crippen molar-refractivity contribution >= 4 is 40.9 Å². The van der Waals surface area contributed by atoms with Crippen LogP contribution in [0.2, 0.25) is 5.02 Å². The van der Waals surface area contributed by atoms with E-state index < -0.39 is 11.9 Å². The topological polar surface area (TPSA) is 89.4 Å². The largest absolute Gasteiger partial charge is 0.368 e. The number of fused-ring (bicyclic) bond motifs is 1. The van der Waals surface area contributed by atoms with Crippen LogP contribution in [0, 0.1) is 0 Å². The number of primary amides is 1. The van der Waals surface area contributed by atoms with Gasteiger partial charge in [-0.25, -0.2) is 0 Å². The second-order valence-electron chi connectivity index (χ2n) is 5.47. The van der Waals surface area contributed by atoms with E-state index in [1.807, 2.05) is 30.3 Å². The molecule has 2 amide bonds. The van der Waals surface area contributed by atoms with Crippen molar-refractivity contribution in [3.8, 4) is 0 Å². The zero-order valence-corrected chi connectivity index (χ0v) is 14.3. The fraction of sp³-hybridized carbons (Fsp3) is 0.176. The van der Waals surface area contributed by atoms with Crippen LogP contribution in [-0.4, -0.2) is 24.4 Å². The van der Waals surface area contributed by atoms with E-state index in [1.165, 1.54) is 16.7 Å². The highest BCUT2D eigenvalue weighted by atomic mass is 35.5. The summed E-state index contributed by atoms with van der Waals surface area (Å²) in [5.74, 6) is -0.911. The molecule has 124 valence electrons. The Labute approximate surface area is 148 Å². The molecule has 7 heteroatoms. The van der Waals surface area contributed by atoms with Gasteiger partial charge in [0.2, 0.25) is 11.8 Å². The molecule has 0 aliphatic carbocycles.